The molecular weight excluding hydrogens is 308 g/mol. The van der Waals surface area contributed by atoms with Crippen LogP contribution in [-0.2, 0) is 0 Å². The van der Waals surface area contributed by atoms with Crippen LogP contribution in [0.1, 0.15) is 26.2 Å². The number of anilines is 1. The maximum atomic E-state index is 4.78. The zero-order valence-electron chi connectivity index (χ0n) is 10.5. The van der Waals surface area contributed by atoms with Gasteiger partial charge in [0.25, 0.3) is 0 Å². The normalized spacial score (nSPS) is 21.7. The number of alkyl halides is 1. The molecule has 2 unspecified atom stereocenters. The summed E-state index contributed by atoms with van der Waals surface area (Å²) in [6.45, 7) is 3.39. The summed E-state index contributed by atoms with van der Waals surface area (Å²) in [5, 5.41) is 1.20. The lowest BCUT2D eigenvalue weighted by Gasteiger charge is -2.24. The first-order chi connectivity index (χ1) is 8.74. The smallest absolute Gasteiger partial charge is 0.186 e. The number of benzene rings is 1. The SMILES string of the molecule is CC(Br)CC1CCCN1c1nc2ccccc2s1. The molecule has 0 aliphatic carbocycles. The highest BCUT2D eigenvalue weighted by molar-refractivity contribution is 9.09. The molecule has 3 rings (SSSR count). The summed E-state index contributed by atoms with van der Waals surface area (Å²) in [5.74, 6) is 0. The molecule has 1 saturated heterocycles. The van der Waals surface area contributed by atoms with Crippen LogP contribution in [-0.4, -0.2) is 22.4 Å². The Bertz CT molecular complexity index is 504. The number of hydrogen-bond donors (Lipinski definition) is 0. The van der Waals surface area contributed by atoms with E-state index in [1.54, 1.807) is 0 Å². The van der Waals surface area contributed by atoms with Crippen LogP contribution in [0.5, 0.6) is 0 Å². The third-order valence-electron chi connectivity index (χ3n) is 3.50. The van der Waals surface area contributed by atoms with Crippen molar-refractivity contribution < 1.29 is 0 Å². The highest BCUT2D eigenvalue weighted by atomic mass is 79.9. The lowest BCUT2D eigenvalue weighted by molar-refractivity contribution is 0.611. The standard InChI is InChI=1S/C14H17BrN2S/c1-10(15)9-11-5-4-8-17(11)14-16-12-6-2-3-7-13(12)18-14/h2-3,6-7,10-11H,4-5,8-9H2,1H3. The number of fused-ring (bicyclic) bond motifs is 1. The molecule has 96 valence electrons. The van der Waals surface area contributed by atoms with Crippen LogP contribution >= 0.6 is 27.3 Å². The first-order valence-corrected chi connectivity index (χ1v) is 8.23. The van der Waals surface area contributed by atoms with Gasteiger partial charge >= 0.3 is 0 Å². The van der Waals surface area contributed by atoms with E-state index < -0.39 is 0 Å². The number of halogens is 1. The maximum Gasteiger partial charge on any atom is 0.186 e. The predicted octanol–water partition coefficient (Wildman–Crippen LogP) is 4.44. The molecule has 1 aliphatic rings. The quantitative estimate of drug-likeness (QED) is 0.776. The average molecular weight is 325 g/mol. The molecule has 0 radical (unpaired) electrons. The van der Waals surface area contributed by atoms with Crippen molar-refractivity contribution >= 4 is 42.6 Å². The molecule has 4 heteroatoms. The van der Waals surface area contributed by atoms with E-state index in [-0.39, 0.29) is 0 Å². The van der Waals surface area contributed by atoms with Gasteiger partial charge in [-0.3, -0.25) is 0 Å². The summed E-state index contributed by atoms with van der Waals surface area (Å²) in [6.07, 6.45) is 3.79. The molecule has 1 aromatic carbocycles. The summed E-state index contributed by atoms with van der Waals surface area (Å²) in [4.78, 5) is 7.86. The largest absolute Gasteiger partial charge is 0.345 e. The van der Waals surface area contributed by atoms with Gasteiger partial charge in [-0.05, 0) is 31.4 Å². The van der Waals surface area contributed by atoms with E-state index in [0.717, 1.165) is 12.1 Å². The zero-order valence-corrected chi connectivity index (χ0v) is 12.9. The summed E-state index contributed by atoms with van der Waals surface area (Å²) in [5.41, 5.74) is 1.13. The summed E-state index contributed by atoms with van der Waals surface area (Å²) in [7, 11) is 0. The zero-order chi connectivity index (χ0) is 12.5. The monoisotopic (exact) mass is 324 g/mol. The number of hydrogen-bond acceptors (Lipinski definition) is 3. The van der Waals surface area contributed by atoms with Crippen LogP contribution in [0.15, 0.2) is 24.3 Å². The molecular formula is C14H17BrN2S. The van der Waals surface area contributed by atoms with E-state index in [1.165, 1.54) is 29.1 Å². The van der Waals surface area contributed by atoms with Crippen LogP contribution in [0, 0.1) is 0 Å². The van der Waals surface area contributed by atoms with Crippen molar-refractivity contribution in [3.8, 4) is 0 Å². The fourth-order valence-corrected chi connectivity index (χ4v) is 4.19. The van der Waals surface area contributed by atoms with Gasteiger partial charge in [-0.15, -0.1) is 0 Å². The van der Waals surface area contributed by atoms with Gasteiger partial charge < -0.3 is 4.90 Å². The highest BCUT2D eigenvalue weighted by Gasteiger charge is 2.27. The second-order valence-corrected chi connectivity index (χ2v) is 7.54. The van der Waals surface area contributed by atoms with E-state index in [1.807, 2.05) is 11.3 Å². The van der Waals surface area contributed by atoms with Crippen LogP contribution in [0.3, 0.4) is 0 Å². The van der Waals surface area contributed by atoms with Crippen molar-refractivity contribution in [3.63, 3.8) is 0 Å². The van der Waals surface area contributed by atoms with Crippen molar-refractivity contribution in [2.24, 2.45) is 0 Å². The Balaban J connectivity index is 1.88. The Kier molecular flexibility index (Phi) is 3.57. The van der Waals surface area contributed by atoms with Crippen LogP contribution in [0.2, 0.25) is 0 Å². The van der Waals surface area contributed by atoms with Crippen molar-refractivity contribution in [1.82, 2.24) is 4.98 Å². The van der Waals surface area contributed by atoms with Gasteiger partial charge in [-0.1, -0.05) is 46.3 Å². The van der Waals surface area contributed by atoms with Gasteiger partial charge in [0.2, 0.25) is 0 Å². The van der Waals surface area contributed by atoms with Gasteiger partial charge in [0, 0.05) is 17.4 Å². The van der Waals surface area contributed by atoms with E-state index in [2.05, 4.69) is 52.0 Å². The number of thiazole rings is 1. The number of nitrogens with zero attached hydrogens (tertiary/aromatic N) is 2. The minimum absolute atomic E-state index is 0.581. The number of aromatic nitrogens is 1. The molecule has 2 aromatic rings. The molecule has 0 saturated carbocycles. The Hall–Kier alpha value is -0.610. The lowest BCUT2D eigenvalue weighted by atomic mass is 10.1. The van der Waals surface area contributed by atoms with E-state index in [4.69, 9.17) is 4.98 Å². The molecule has 1 aromatic heterocycles. The number of para-hydroxylation sites is 1. The van der Waals surface area contributed by atoms with Crippen molar-refractivity contribution in [2.75, 3.05) is 11.4 Å². The van der Waals surface area contributed by atoms with Crippen LogP contribution < -0.4 is 4.90 Å². The van der Waals surface area contributed by atoms with Gasteiger partial charge in [-0.25, -0.2) is 4.98 Å². The molecule has 2 atom stereocenters. The Morgan fingerprint density at radius 2 is 2.33 bits per heavy atom. The summed E-state index contributed by atoms with van der Waals surface area (Å²) in [6, 6.07) is 9.07. The van der Waals surface area contributed by atoms with Crippen molar-refractivity contribution in [2.45, 2.75) is 37.1 Å². The fraction of sp³-hybridized carbons (Fsp3) is 0.500. The molecule has 0 spiro atoms. The summed E-state index contributed by atoms with van der Waals surface area (Å²) < 4.78 is 1.30. The third-order valence-corrected chi connectivity index (χ3v) is 4.95. The molecule has 18 heavy (non-hydrogen) atoms. The van der Waals surface area contributed by atoms with E-state index >= 15 is 0 Å². The van der Waals surface area contributed by atoms with Crippen molar-refractivity contribution in [1.29, 1.82) is 0 Å². The van der Waals surface area contributed by atoms with E-state index in [0.29, 0.717) is 10.9 Å². The average Bonchev–Trinajstić information content (AvgIpc) is 2.93. The Labute approximate surface area is 120 Å². The molecule has 1 aliphatic heterocycles. The van der Waals surface area contributed by atoms with Crippen LogP contribution in [0.4, 0.5) is 5.13 Å². The van der Waals surface area contributed by atoms with Crippen molar-refractivity contribution in [3.05, 3.63) is 24.3 Å². The minimum Gasteiger partial charge on any atom is -0.345 e. The maximum absolute atomic E-state index is 4.78. The number of rotatable bonds is 3. The van der Waals surface area contributed by atoms with Crippen LogP contribution in [0.25, 0.3) is 10.2 Å². The topological polar surface area (TPSA) is 16.1 Å². The fourth-order valence-electron chi connectivity index (χ4n) is 2.69. The van der Waals surface area contributed by atoms with Gasteiger partial charge in [-0.2, -0.15) is 0 Å². The predicted molar refractivity (Wildman–Crippen MR) is 83.0 cm³/mol. The molecule has 0 N–H and O–H groups in total. The Morgan fingerprint density at radius 3 is 3.11 bits per heavy atom. The molecule has 0 amide bonds. The minimum atomic E-state index is 0.581. The molecule has 2 heterocycles. The van der Waals surface area contributed by atoms with E-state index in [9.17, 15) is 0 Å². The van der Waals surface area contributed by atoms with Gasteiger partial charge in [0.05, 0.1) is 10.2 Å². The second-order valence-electron chi connectivity index (χ2n) is 4.97. The third kappa shape index (κ3) is 2.41. The van der Waals surface area contributed by atoms with Gasteiger partial charge in [0.15, 0.2) is 5.13 Å². The molecule has 1 fully saturated rings. The first-order valence-electron chi connectivity index (χ1n) is 6.50. The summed E-state index contributed by atoms with van der Waals surface area (Å²) >= 11 is 5.50. The second kappa shape index (κ2) is 5.17. The highest BCUT2D eigenvalue weighted by Crippen LogP contribution is 2.34. The molecule has 2 nitrogen and oxygen atoms in total. The lowest BCUT2D eigenvalue weighted by Crippen LogP contribution is -2.30. The first kappa shape index (κ1) is 12.4. The molecule has 0 bridgehead atoms. The van der Waals surface area contributed by atoms with Gasteiger partial charge in [0.1, 0.15) is 0 Å². The Morgan fingerprint density at radius 1 is 1.50 bits per heavy atom.